The van der Waals surface area contributed by atoms with Gasteiger partial charge >= 0.3 is 0 Å². The Morgan fingerprint density at radius 1 is 0.750 bits per heavy atom. The van der Waals surface area contributed by atoms with Crippen LogP contribution in [0.25, 0.3) is 11.3 Å². The summed E-state index contributed by atoms with van der Waals surface area (Å²) in [7, 11) is 0. The van der Waals surface area contributed by atoms with Gasteiger partial charge in [0, 0.05) is 11.1 Å². The van der Waals surface area contributed by atoms with Gasteiger partial charge in [0.1, 0.15) is 5.82 Å². The molecule has 4 nitrogen and oxygen atoms in total. The van der Waals surface area contributed by atoms with Crippen molar-refractivity contribution in [3.63, 3.8) is 0 Å². The van der Waals surface area contributed by atoms with Crippen LogP contribution in [0, 0.1) is 34.9 Å². The third kappa shape index (κ3) is 5.37. The molecular formula is C26H17F6N3O. The first-order valence-electron chi connectivity index (χ1n) is 10.7. The molecule has 0 saturated heterocycles. The van der Waals surface area contributed by atoms with Crippen LogP contribution in [-0.2, 0) is 24.1 Å². The molecule has 0 aliphatic carbocycles. The molecule has 0 saturated carbocycles. The quantitative estimate of drug-likeness (QED) is 0.194. The lowest BCUT2D eigenvalue weighted by molar-refractivity contribution is -0.115. The van der Waals surface area contributed by atoms with Crippen molar-refractivity contribution in [3.8, 4) is 11.3 Å². The molecular weight excluding hydrogens is 484 g/mol. The second-order valence-electron chi connectivity index (χ2n) is 7.82. The van der Waals surface area contributed by atoms with E-state index < -0.39 is 52.8 Å². The lowest BCUT2D eigenvalue weighted by Gasteiger charge is -2.13. The van der Waals surface area contributed by atoms with Crippen LogP contribution in [0.2, 0.25) is 0 Å². The van der Waals surface area contributed by atoms with Gasteiger partial charge < -0.3 is 5.32 Å². The molecule has 0 fully saturated rings. The fourth-order valence-electron chi connectivity index (χ4n) is 3.52. The molecule has 184 valence electrons. The number of carbonyl (C=O) groups excluding carboxylic acids is 1. The van der Waals surface area contributed by atoms with Crippen molar-refractivity contribution in [2.75, 3.05) is 5.32 Å². The number of carbonyl (C=O) groups is 1. The number of benzene rings is 3. The van der Waals surface area contributed by atoms with Crippen molar-refractivity contribution in [2.45, 2.75) is 19.3 Å². The molecule has 0 aliphatic rings. The Bertz CT molecular complexity index is 1380. The second kappa shape index (κ2) is 10.6. The summed E-state index contributed by atoms with van der Waals surface area (Å²) in [6.07, 6.45) is 0.992. The highest BCUT2D eigenvalue weighted by molar-refractivity contribution is 5.92. The van der Waals surface area contributed by atoms with Crippen molar-refractivity contribution in [1.29, 1.82) is 0 Å². The standard InChI is InChI=1S/C26H17F6N3O/c27-16-9-7-15(8-10-16)19-13-33-26(18(34-19)11-6-14-4-2-1-3-5-14)35-20(36)12-17-21(28)23(30)25(32)24(31)22(17)29/h1-5,7-10,13H,6,11-12H2,(H,33,35,36). The zero-order chi connectivity index (χ0) is 25.8. The fraction of sp³-hybridized carbons (Fsp3) is 0.115. The van der Waals surface area contributed by atoms with Crippen LogP contribution in [0.5, 0.6) is 0 Å². The minimum absolute atomic E-state index is 0.0364. The summed E-state index contributed by atoms with van der Waals surface area (Å²) in [4.78, 5) is 21.2. The Balaban J connectivity index is 1.62. The lowest BCUT2D eigenvalue weighted by Crippen LogP contribution is -2.20. The zero-order valence-corrected chi connectivity index (χ0v) is 18.5. The van der Waals surface area contributed by atoms with Crippen LogP contribution in [0.15, 0.2) is 60.8 Å². The maximum Gasteiger partial charge on any atom is 0.230 e. The monoisotopic (exact) mass is 501 g/mol. The van der Waals surface area contributed by atoms with Gasteiger partial charge in [-0.25, -0.2) is 36.3 Å². The van der Waals surface area contributed by atoms with Gasteiger partial charge in [-0.2, -0.15) is 0 Å². The van der Waals surface area contributed by atoms with Crippen molar-refractivity contribution in [3.05, 3.63) is 113 Å². The molecule has 0 bridgehead atoms. The first-order valence-corrected chi connectivity index (χ1v) is 10.7. The van der Waals surface area contributed by atoms with E-state index in [2.05, 4.69) is 15.3 Å². The molecule has 0 radical (unpaired) electrons. The number of amides is 1. The fourth-order valence-corrected chi connectivity index (χ4v) is 3.52. The van der Waals surface area contributed by atoms with Crippen molar-refractivity contribution in [1.82, 2.24) is 9.97 Å². The zero-order valence-electron chi connectivity index (χ0n) is 18.5. The number of hydrogen-bond donors (Lipinski definition) is 1. The van der Waals surface area contributed by atoms with Gasteiger partial charge in [-0.1, -0.05) is 30.3 Å². The summed E-state index contributed by atoms with van der Waals surface area (Å²) in [5, 5.41) is 2.35. The van der Waals surface area contributed by atoms with Gasteiger partial charge in [-0.05, 0) is 42.7 Å². The number of rotatable bonds is 7. The van der Waals surface area contributed by atoms with Gasteiger partial charge in [0.15, 0.2) is 29.1 Å². The average molecular weight is 501 g/mol. The van der Waals surface area contributed by atoms with E-state index in [0.29, 0.717) is 29.8 Å². The van der Waals surface area contributed by atoms with Gasteiger partial charge in [-0.3, -0.25) is 4.79 Å². The largest absolute Gasteiger partial charge is 0.309 e. The molecule has 1 amide bonds. The highest BCUT2D eigenvalue weighted by Gasteiger charge is 2.27. The molecule has 10 heteroatoms. The van der Waals surface area contributed by atoms with Gasteiger partial charge in [0.25, 0.3) is 0 Å². The normalized spacial score (nSPS) is 10.9. The van der Waals surface area contributed by atoms with Crippen molar-refractivity contribution < 1.29 is 31.1 Å². The maximum absolute atomic E-state index is 14.0. The highest BCUT2D eigenvalue weighted by atomic mass is 19.2. The summed E-state index contributed by atoms with van der Waals surface area (Å²) in [6, 6.07) is 14.8. The topological polar surface area (TPSA) is 54.9 Å². The Hall–Kier alpha value is -4.21. The van der Waals surface area contributed by atoms with E-state index in [0.717, 1.165) is 5.56 Å². The molecule has 3 aromatic carbocycles. The maximum atomic E-state index is 14.0. The average Bonchev–Trinajstić information content (AvgIpc) is 2.89. The summed E-state index contributed by atoms with van der Waals surface area (Å²) in [6.45, 7) is 0. The Kier molecular flexibility index (Phi) is 7.33. The number of nitrogens with zero attached hydrogens (tertiary/aromatic N) is 2. The van der Waals surface area contributed by atoms with Gasteiger partial charge in [0.2, 0.25) is 11.7 Å². The first-order chi connectivity index (χ1) is 17.2. The van der Waals surface area contributed by atoms with E-state index in [9.17, 15) is 31.1 Å². The molecule has 0 spiro atoms. The summed E-state index contributed by atoms with van der Waals surface area (Å²) in [5.41, 5.74) is 0.960. The molecule has 4 rings (SSSR count). The minimum atomic E-state index is -2.31. The number of hydrogen-bond acceptors (Lipinski definition) is 3. The van der Waals surface area contributed by atoms with Crippen LogP contribution >= 0.6 is 0 Å². The predicted molar refractivity (Wildman–Crippen MR) is 120 cm³/mol. The number of anilines is 1. The molecule has 0 atom stereocenters. The van der Waals surface area contributed by atoms with Crippen LogP contribution in [0.1, 0.15) is 16.8 Å². The molecule has 1 N–H and O–H groups in total. The van der Waals surface area contributed by atoms with E-state index in [1.54, 1.807) is 0 Å². The molecule has 1 heterocycles. The smallest absolute Gasteiger partial charge is 0.230 e. The van der Waals surface area contributed by atoms with Crippen LogP contribution in [0.3, 0.4) is 0 Å². The summed E-state index contributed by atoms with van der Waals surface area (Å²) in [5.74, 6) is -12.3. The first kappa shape index (κ1) is 24.9. The summed E-state index contributed by atoms with van der Waals surface area (Å²) < 4.78 is 81.6. The molecule has 1 aromatic heterocycles. The molecule has 0 unspecified atom stereocenters. The number of aryl methyl sites for hydroxylation is 2. The Morgan fingerprint density at radius 3 is 2.00 bits per heavy atom. The predicted octanol–water partition coefficient (Wildman–Crippen LogP) is 5.94. The molecule has 36 heavy (non-hydrogen) atoms. The number of nitrogens with one attached hydrogen (secondary N) is 1. The van der Waals surface area contributed by atoms with Crippen molar-refractivity contribution in [2.24, 2.45) is 0 Å². The molecule has 4 aromatic rings. The highest BCUT2D eigenvalue weighted by Crippen LogP contribution is 2.25. The Labute approximate surface area is 201 Å². The van der Waals surface area contributed by atoms with E-state index in [1.807, 2.05) is 30.3 Å². The van der Waals surface area contributed by atoms with Gasteiger partial charge in [-0.15, -0.1) is 0 Å². The van der Waals surface area contributed by atoms with Gasteiger partial charge in [0.05, 0.1) is 24.0 Å². The third-order valence-electron chi connectivity index (χ3n) is 5.37. The van der Waals surface area contributed by atoms with E-state index in [1.165, 1.54) is 30.5 Å². The Morgan fingerprint density at radius 2 is 1.36 bits per heavy atom. The van der Waals surface area contributed by atoms with E-state index in [4.69, 9.17) is 0 Å². The van der Waals surface area contributed by atoms with Crippen molar-refractivity contribution >= 4 is 11.7 Å². The lowest BCUT2D eigenvalue weighted by atomic mass is 10.1. The van der Waals surface area contributed by atoms with Crippen LogP contribution in [-0.4, -0.2) is 15.9 Å². The minimum Gasteiger partial charge on any atom is -0.309 e. The third-order valence-corrected chi connectivity index (χ3v) is 5.37. The summed E-state index contributed by atoms with van der Waals surface area (Å²) >= 11 is 0. The van der Waals surface area contributed by atoms with E-state index >= 15 is 0 Å². The van der Waals surface area contributed by atoms with Crippen LogP contribution < -0.4 is 5.32 Å². The number of halogens is 6. The van der Waals surface area contributed by atoms with E-state index in [-0.39, 0.29) is 5.82 Å². The van der Waals surface area contributed by atoms with Crippen LogP contribution in [0.4, 0.5) is 32.2 Å². The SMILES string of the molecule is O=C(Cc1c(F)c(F)c(F)c(F)c1F)Nc1ncc(-c2ccc(F)cc2)nc1CCc1ccccc1. The molecule has 0 aliphatic heterocycles. The number of aromatic nitrogens is 2. The second-order valence-corrected chi connectivity index (χ2v) is 7.82.